The van der Waals surface area contributed by atoms with E-state index in [1.807, 2.05) is 6.92 Å². The van der Waals surface area contributed by atoms with E-state index in [-0.39, 0.29) is 22.0 Å². The summed E-state index contributed by atoms with van der Waals surface area (Å²) in [6.07, 6.45) is 3.41. The molecule has 2 N–H and O–H groups in total. The number of piperidine rings is 1. The van der Waals surface area contributed by atoms with Crippen LogP contribution in [0.2, 0.25) is 0 Å². The van der Waals surface area contributed by atoms with E-state index in [9.17, 15) is 18.0 Å². The molecule has 0 amide bonds. The molecule has 142 valence electrons. The third kappa shape index (κ3) is 3.31. The van der Waals surface area contributed by atoms with Crippen LogP contribution in [0.25, 0.3) is 11.0 Å². The molecule has 0 unspecified atom stereocenters. The fourth-order valence-electron chi connectivity index (χ4n) is 3.31. The van der Waals surface area contributed by atoms with Crippen LogP contribution in [-0.4, -0.2) is 52.9 Å². The van der Waals surface area contributed by atoms with Crippen molar-refractivity contribution in [1.82, 2.24) is 24.2 Å². The van der Waals surface area contributed by atoms with E-state index >= 15 is 0 Å². The Morgan fingerprint density at radius 2 is 2.00 bits per heavy atom. The first-order chi connectivity index (χ1) is 12.4. The number of nitrogens with zero attached hydrogens (tertiary/aromatic N) is 3. The molecule has 2 aromatic rings. The van der Waals surface area contributed by atoms with Crippen LogP contribution in [-0.2, 0) is 17.1 Å². The van der Waals surface area contributed by atoms with Gasteiger partial charge in [0.05, 0.1) is 5.39 Å². The summed E-state index contributed by atoms with van der Waals surface area (Å²) in [4.78, 5) is 30.0. The molecule has 1 fully saturated rings. The van der Waals surface area contributed by atoms with Gasteiger partial charge < -0.3 is 5.32 Å². The van der Waals surface area contributed by atoms with E-state index in [0.29, 0.717) is 13.0 Å². The van der Waals surface area contributed by atoms with Gasteiger partial charge in [0.25, 0.3) is 5.56 Å². The quantitative estimate of drug-likeness (QED) is 0.739. The summed E-state index contributed by atoms with van der Waals surface area (Å²) >= 11 is 0. The number of fused-ring (bicyclic) bond motifs is 1. The van der Waals surface area contributed by atoms with Gasteiger partial charge >= 0.3 is 5.69 Å². The summed E-state index contributed by atoms with van der Waals surface area (Å²) in [5, 5.41) is 3.31. The highest BCUT2D eigenvalue weighted by atomic mass is 32.2. The van der Waals surface area contributed by atoms with Gasteiger partial charge in [0.1, 0.15) is 10.5 Å². The Kier molecular flexibility index (Phi) is 5.26. The van der Waals surface area contributed by atoms with Crippen molar-refractivity contribution in [2.24, 2.45) is 7.05 Å². The summed E-state index contributed by atoms with van der Waals surface area (Å²) in [6, 6.07) is 1.23. The number of H-pyrrole nitrogens is 1. The maximum absolute atomic E-state index is 13.2. The Labute approximate surface area is 151 Å². The van der Waals surface area contributed by atoms with Gasteiger partial charge in [0.15, 0.2) is 0 Å². The highest BCUT2D eigenvalue weighted by Crippen LogP contribution is 2.23. The van der Waals surface area contributed by atoms with Crippen molar-refractivity contribution < 1.29 is 8.42 Å². The Morgan fingerprint density at radius 1 is 1.31 bits per heavy atom. The average Bonchev–Trinajstić information content (AvgIpc) is 2.64. The van der Waals surface area contributed by atoms with E-state index in [0.717, 1.165) is 25.9 Å². The van der Waals surface area contributed by atoms with Crippen molar-refractivity contribution in [3.63, 3.8) is 0 Å². The lowest BCUT2D eigenvalue weighted by atomic mass is 10.1. The molecule has 3 rings (SSSR count). The number of hydrogen-bond acceptors (Lipinski definition) is 6. The zero-order valence-corrected chi connectivity index (χ0v) is 15.7. The lowest BCUT2D eigenvalue weighted by molar-refractivity contribution is 0.262. The smallest absolute Gasteiger partial charge is 0.317 e. The SMILES string of the molecule is CCCN(C1CCNCC1)S(=O)(=O)c1cnc2c(c1)c(=O)[nH]c(=O)n2C. The number of nitrogens with one attached hydrogen (secondary N) is 2. The van der Waals surface area contributed by atoms with Crippen molar-refractivity contribution in [2.75, 3.05) is 19.6 Å². The second kappa shape index (κ2) is 7.29. The van der Waals surface area contributed by atoms with Crippen LogP contribution in [0.5, 0.6) is 0 Å². The monoisotopic (exact) mass is 381 g/mol. The van der Waals surface area contributed by atoms with Crippen molar-refractivity contribution in [1.29, 1.82) is 0 Å². The standard InChI is InChI=1S/C16H23N5O4S/c1-3-8-21(11-4-6-17-7-5-11)26(24,25)12-9-13-14(18-10-12)20(2)16(23)19-15(13)22/h9-11,17H,3-8H2,1-2H3,(H,19,22,23). The Hall–Kier alpha value is -2.04. The number of aryl methyl sites for hydroxylation is 1. The minimum Gasteiger partial charge on any atom is -0.317 e. The van der Waals surface area contributed by atoms with Crippen molar-refractivity contribution >= 4 is 21.1 Å². The van der Waals surface area contributed by atoms with Crippen molar-refractivity contribution in [2.45, 2.75) is 37.1 Å². The molecule has 10 heteroatoms. The normalized spacial score (nSPS) is 16.4. The summed E-state index contributed by atoms with van der Waals surface area (Å²) < 4.78 is 29.1. The van der Waals surface area contributed by atoms with Gasteiger partial charge in [-0.05, 0) is 38.4 Å². The van der Waals surface area contributed by atoms with Crippen LogP contribution in [0.4, 0.5) is 0 Å². The fraction of sp³-hybridized carbons (Fsp3) is 0.562. The highest BCUT2D eigenvalue weighted by Gasteiger charge is 2.32. The van der Waals surface area contributed by atoms with E-state index in [4.69, 9.17) is 0 Å². The van der Waals surface area contributed by atoms with Gasteiger partial charge in [-0.25, -0.2) is 18.2 Å². The van der Waals surface area contributed by atoms with Crippen LogP contribution < -0.4 is 16.6 Å². The molecule has 0 atom stereocenters. The molecule has 0 bridgehead atoms. The first-order valence-corrected chi connectivity index (χ1v) is 10.1. The lowest BCUT2D eigenvalue weighted by Crippen LogP contribution is -2.46. The van der Waals surface area contributed by atoms with Gasteiger partial charge in [0.2, 0.25) is 10.0 Å². The zero-order valence-electron chi connectivity index (χ0n) is 14.9. The Morgan fingerprint density at radius 3 is 2.65 bits per heavy atom. The number of hydrogen-bond donors (Lipinski definition) is 2. The Balaban J connectivity index is 2.10. The Bertz CT molecular complexity index is 1020. The molecular formula is C16H23N5O4S. The second-order valence-corrected chi connectivity index (χ2v) is 8.35. The molecule has 2 aromatic heterocycles. The average molecular weight is 381 g/mol. The minimum absolute atomic E-state index is 0.0267. The molecule has 3 heterocycles. The van der Waals surface area contributed by atoms with Crippen LogP contribution in [0.3, 0.4) is 0 Å². The number of rotatable bonds is 5. The molecule has 1 saturated heterocycles. The fourth-order valence-corrected chi connectivity index (χ4v) is 5.06. The van der Waals surface area contributed by atoms with Gasteiger partial charge in [-0.1, -0.05) is 6.92 Å². The molecule has 26 heavy (non-hydrogen) atoms. The van der Waals surface area contributed by atoms with Gasteiger partial charge in [-0.15, -0.1) is 0 Å². The number of pyridine rings is 1. The highest BCUT2D eigenvalue weighted by molar-refractivity contribution is 7.89. The van der Waals surface area contributed by atoms with Crippen molar-refractivity contribution in [3.8, 4) is 0 Å². The topological polar surface area (TPSA) is 117 Å². The van der Waals surface area contributed by atoms with E-state index in [2.05, 4.69) is 15.3 Å². The largest absolute Gasteiger partial charge is 0.329 e. The molecule has 0 aromatic carbocycles. The van der Waals surface area contributed by atoms with Crippen LogP contribution in [0, 0.1) is 0 Å². The van der Waals surface area contributed by atoms with E-state index < -0.39 is 21.3 Å². The second-order valence-electron chi connectivity index (χ2n) is 6.46. The molecule has 0 radical (unpaired) electrons. The van der Waals surface area contributed by atoms with Crippen LogP contribution in [0.15, 0.2) is 26.7 Å². The minimum atomic E-state index is -3.79. The van der Waals surface area contributed by atoms with Crippen LogP contribution in [0.1, 0.15) is 26.2 Å². The summed E-state index contributed by atoms with van der Waals surface area (Å²) in [5.41, 5.74) is -1.08. The molecule has 0 spiro atoms. The molecule has 0 saturated carbocycles. The molecule has 1 aliphatic rings. The summed E-state index contributed by atoms with van der Waals surface area (Å²) in [6.45, 7) is 3.90. The third-order valence-corrected chi connectivity index (χ3v) is 6.61. The predicted molar refractivity (Wildman–Crippen MR) is 97.7 cm³/mol. The molecular weight excluding hydrogens is 358 g/mol. The van der Waals surface area contributed by atoms with Gasteiger partial charge in [0, 0.05) is 25.8 Å². The first kappa shape index (κ1) is 18.7. The van der Waals surface area contributed by atoms with Gasteiger partial charge in [-0.2, -0.15) is 4.31 Å². The number of aromatic nitrogens is 3. The lowest BCUT2D eigenvalue weighted by Gasteiger charge is -2.33. The maximum atomic E-state index is 13.2. The van der Waals surface area contributed by atoms with E-state index in [1.54, 1.807) is 0 Å². The third-order valence-electron chi connectivity index (χ3n) is 4.70. The zero-order chi connectivity index (χ0) is 18.9. The molecule has 0 aliphatic carbocycles. The predicted octanol–water partition coefficient (Wildman–Crippen LogP) is -0.225. The van der Waals surface area contributed by atoms with E-state index in [1.165, 1.54) is 28.2 Å². The number of aromatic amines is 1. The van der Waals surface area contributed by atoms with Crippen molar-refractivity contribution in [3.05, 3.63) is 33.1 Å². The summed E-state index contributed by atoms with van der Waals surface area (Å²) in [7, 11) is -2.32. The summed E-state index contributed by atoms with van der Waals surface area (Å²) in [5.74, 6) is 0. The first-order valence-electron chi connectivity index (χ1n) is 8.68. The van der Waals surface area contributed by atoms with Gasteiger partial charge in [-0.3, -0.25) is 14.3 Å². The number of sulfonamides is 1. The molecule has 9 nitrogen and oxygen atoms in total. The van der Waals surface area contributed by atoms with Crippen LogP contribution >= 0.6 is 0 Å². The molecule has 1 aliphatic heterocycles. The maximum Gasteiger partial charge on any atom is 0.329 e.